The van der Waals surface area contributed by atoms with Gasteiger partial charge in [0.15, 0.2) is 0 Å². The van der Waals surface area contributed by atoms with Gasteiger partial charge in [0.05, 0.1) is 6.54 Å². The van der Waals surface area contributed by atoms with E-state index in [1.54, 1.807) is 0 Å². The fourth-order valence-corrected chi connectivity index (χ4v) is 2.82. The Morgan fingerprint density at radius 3 is 2.94 bits per heavy atom. The Hall–Kier alpha value is -0.940. The minimum absolute atomic E-state index is 0.0121. The molecule has 1 N–H and O–H groups in total. The monoisotopic (exact) mass is 301 g/mol. The standard InChI is InChI=1S/C12H13BrFNO2/c13-9-4-8(5-10(14)6-9)11-2-1-3-15(11)7-12(16)17/h4-6,11H,1-3,7H2,(H,16,17). The van der Waals surface area contributed by atoms with Crippen molar-refractivity contribution in [2.45, 2.75) is 18.9 Å². The number of likely N-dealkylation sites (tertiary alicyclic amines) is 1. The number of halogens is 2. The predicted molar refractivity (Wildman–Crippen MR) is 65.3 cm³/mol. The summed E-state index contributed by atoms with van der Waals surface area (Å²) in [6, 6.07) is 4.75. The summed E-state index contributed by atoms with van der Waals surface area (Å²) in [6.07, 6.45) is 1.83. The van der Waals surface area contributed by atoms with E-state index in [0.717, 1.165) is 24.9 Å². The van der Waals surface area contributed by atoms with Crippen molar-refractivity contribution in [2.75, 3.05) is 13.1 Å². The summed E-state index contributed by atoms with van der Waals surface area (Å²) in [5, 5.41) is 8.82. The molecule has 0 radical (unpaired) electrons. The average molecular weight is 302 g/mol. The van der Waals surface area contributed by atoms with Crippen LogP contribution in [0, 0.1) is 5.82 Å². The van der Waals surface area contributed by atoms with Gasteiger partial charge >= 0.3 is 5.97 Å². The topological polar surface area (TPSA) is 40.5 Å². The van der Waals surface area contributed by atoms with Crippen LogP contribution in [0.25, 0.3) is 0 Å². The molecule has 0 amide bonds. The van der Waals surface area contributed by atoms with Crippen molar-refractivity contribution in [1.29, 1.82) is 0 Å². The number of benzene rings is 1. The Bertz CT molecular complexity index is 418. The molecule has 1 aliphatic rings. The molecule has 92 valence electrons. The van der Waals surface area contributed by atoms with Crippen molar-refractivity contribution in [1.82, 2.24) is 4.90 Å². The first kappa shape index (κ1) is 12.5. The van der Waals surface area contributed by atoms with Crippen LogP contribution in [0.4, 0.5) is 4.39 Å². The summed E-state index contributed by atoms with van der Waals surface area (Å²) in [5.74, 6) is -1.14. The zero-order valence-corrected chi connectivity index (χ0v) is 10.8. The first-order chi connectivity index (χ1) is 8.06. The van der Waals surface area contributed by atoms with E-state index in [4.69, 9.17) is 5.11 Å². The van der Waals surface area contributed by atoms with Crippen LogP contribution in [0.15, 0.2) is 22.7 Å². The van der Waals surface area contributed by atoms with Crippen molar-refractivity contribution in [3.05, 3.63) is 34.1 Å². The second-order valence-corrected chi connectivity index (χ2v) is 5.14. The quantitative estimate of drug-likeness (QED) is 0.933. The number of hydrogen-bond donors (Lipinski definition) is 1. The van der Waals surface area contributed by atoms with Gasteiger partial charge in [-0.15, -0.1) is 0 Å². The molecule has 0 spiro atoms. The van der Waals surface area contributed by atoms with Gasteiger partial charge in [-0.3, -0.25) is 9.69 Å². The zero-order valence-electron chi connectivity index (χ0n) is 9.20. The maximum Gasteiger partial charge on any atom is 0.317 e. The summed E-state index contributed by atoms with van der Waals surface area (Å²) in [4.78, 5) is 12.6. The van der Waals surface area contributed by atoms with Crippen LogP contribution >= 0.6 is 15.9 Å². The lowest BCUT2D eigenvalue weighted by atomic mass is 10.0. The van der Waals surface area contributed by atoms with Gasteiger partial charge in [0.1, 0.15) is 5.82 Å². The molecule has 0 aromatic heterocycles. The fourth-order valence-electron chi connectivity index (χ4n) is 2.33. The van der Waals surface area contributed by atoms with E-state index >= 15 is 0 Å². The van der Waals surface area contributed by atoms with E-state index in [0.29, 0.717) is 4.47 Å². The molecule has 5 heteroatoms. The van der Waals surface area contributed by atoms with E-state index in [9.17, 15) is 9.18 Å². The molecule has 17 heavy (non-hydrogen) atoms. The minimum Gasteiger partial charge on any atom is -0.480 e. The van der Waals surface area contributed by atoms with Crippen LogP contribution in [-0.2, 0) is 4.79 Å². The summed E-state index contributed by atoms with van der Waals surface area (Å²) in [7, 11) is 0. The second-order valence-electron chi connectivity index (χ2n) is 4.23. The molecule has 3 nitrogen and oxygen atoms in total. The summed E-state index contributed by atoms with van der Waals surface area (Å²) < 4.78 is 14.0. The first-order valence-electron chi connectivity index (χ1n) is 5.48. The van der Waals surface area contributed by atoms with Crippen molar-refractivity contribution >= 4 is 21.9 Å². The molecule has 1 heterocycles. The van der Waals surface area contributed by atoms with Crippen molar-refractivity contribution in [3.8, 4) is 0 Å². The molecule has 0 bridgehead atoms. The number of hydrogen-bond acceptors (Lipinski definition) is 2. The van der Waals surface area contributed by atoms with Crippen LogP contribution in [0.5, 0.6) is 0 Å². The Labute approximate surface area is 107 Å². The fraction of sp³-hybridized carbons (Fsp3) is 0.417. The van der Waals surface area contributed by atoms with E-state index < -0.39 is 5.97 Å². The van der Waals surface area contributed by atoms with Crippen LogP contribution in [-0.4, -0.2) is 29.1 Å². The number of carbonyl (C=O) groups is 1. The lowest BCUT2D eigenvalue weighted by Gasteiger charge is -2.23. The SMILES string of the molecule is O=C(O)CN1CCCC1c1cc(F)cc(Br)c1. The highest BCUT2D eigenvalue weighted by Crippen LogP contribution is 2.33. The summed E-state index contributed by atoms with van der Waals surface area (Å²) in [5.41, 5.74) is 0.843. The maximum atomic E-state index is 13.3. The number of carboxylic acid groups (broad SMARTS) is 1. The van der Waals surface area contributed by atoms with E-state index in [-0.39, 0.29) is 18.4 Å². The molecular formula is C12H13BrFNO2. The highest BCUT2D eigenvalue weighted by atomic mass is 79.9. The van der Waals surface area contributed by atoms with Gasteiger partial charge in [0.2, 0.25) is 0 Å². The lowest BCUT2D eigenvalue weighted by molar-refractivity contribution is -0.138. The first-order valence-corrected chi connectivity index (χ1v) is 6.27. The Morgan fingerprint density at radius 1 is 1.53 bits per heavy atom. The van der Waals surface area contributed by atoms with Gasteiger partial charge in [-0.25, -0.2) is 4.39 Å². The Kier molecular flexibility index (Phi) is 3.79. The maximum absolute atomic E-state index is 13.3. The van der Waals surface area contributed by atoms with Gasteiger partial charge in [-0.2, -0.15) is 0 Å². The number of nitrogens with zero attached hydrogens (tertiary/aromatic N) is 1. The lowest BCUT2D eigenvalue weighted by Crippen LogP contribution is -2.29. The molecule has 0 saturated carbocycles. The minimum atomic E-state index is -0.840. The third-order valence-electron chi connectivity index (χ3n) is 2.97. The largest absolute Gasteiger partial charge is 0.480 e. The van der Waals surface area contributed by atoms with Gasteiger partial charge < -0.3 is 5.11 Å². The molecule has 1 saturated heterocycles. The second kappa shape index (κ2) is 5.14. The molecule has 1 aromatic carbocycles. The predicted octanol–water partition coefficient (Wildman–Crippen LogP) is 2.81. The van der Waals surface area contributed by atoms with Gasteiger partial charge in [0, 0.05) is 10.5 Å². The number of rotatable bonds is 3. The molecule has 1 aromatic rings. The molecule has 1 atom stereocenters. The highest BCUT2D eigenvalue weighted by Gasteiger charge is 2.27. The number of carboxylic acids is 1. The third-order valence-corrected chi connectivity index (χ3v) is 3.43. The Morgan fingerprint density at radius 2 is 2.29 bits per heavy atom. The normalized spacial score (nSPS) is 20.7. The molecule has 1 aliphatic heterocycles. The van der Waals surface area contributed by atoms with E-state index in [1.165, 1.54) is 12.1 Å². The third kappa shape index (κ3) is 3.04. The highest BCUT2D eigenvalue weighted by molar-refractivity contribution is 9.10. The van der Waals surface area contributed by atoms with E-state index in [2.05, 4.69) is 15.9 Å². The van der Waals surface area contributed by atoms with Crippen LogP contribution in [0.3, 0.4) is 0 Å². The summed E-state index contributed by atoms with van der Waals surface area (Å²) in [6.45, 7) is 0.768. The van der Waals surface area contributed by atoms with Crippen LogP contribution in [0.2, 0.25) is 0 Å². The Balaban J connectivity index is 2.22. The average Bonchev–Trinajstić information content (AvgIpc) is 2.63. The molecule has 1 fully saturated rings. The molecule has 2 rings (SSSR count). The van der Waals surface area contributed by atoms with Gasteiger partial charge in [0.25, 0.3) is 0 Å². The van der Waals surface area contributed by atoms with Crippen molar-refractivity contribution in [3.63, 3.8) is 0 Å². The van der Waals surface area contributed by atoms with Gasteiger partial charge in [-0.05, 0) is 43.1 Å². The molecule has 0 aliphatic carbocycles. The van der Waals surface area contributed by atoms with Gasteiger partial charge in [-0.1, -0.05) is 15.9 Å². The van der Waals surface area contributed by atoms with Crippen LogP contribution < -0.4 is 0 Å². The van der Waals surface area contributed by atoms with Crippen molar-refractivity contribution in [2.24, 2.45) is 0 Å². The van der Waals surface area contributed by atoms with Crippen molar-refractivity contribution < 1.29 is 14.3 Å². The van der Waals surface area contributed by atoms with Crippen LogP contribution in [0.1, 0.15) is 24.4 Å². The van der Waals surface area contributed by atoms with E-state index in [1.807, 2.05) is 11.0 Å². The zero-order chi connectivity index (χ0) is 12.4. The summed E-state index contributed by atoms with van der Waals surface area (Å²) >= 11 is 3.26. The smallest absolute Gasteiger partial charge is 0.317 e. The number of aliphatic carboxylic acids is 1. The molecular weight excluding hydrogens is 289 g/mol. The molecule has 1 unspecified atom stereocenters.